The molecule has 33 heavy (non-hydrogen) atoms. The molecule has 0 radical (unpaired) electrons. The second-order valence-corrected chi connectivity index (χ2v) is 10.8. The molecule has 2 aromatic heterocycles. The van der Waals surface area contributed by atoms with Gasteiger partial charge < -0.3 is 15.1 Å². The Kier molecular flexibility index (Phi) is 6.97. The average Bonchev–Trinajstić information content (AvgIpc) is 3.27. The monoisotopic (exact) mass is 472 g/mol. The van der Waals surface area contributed by atoms with Crippen LogP contribution in [-0.2, 0) is 17.6 Å². The maximum absolute atomic E-state index is 12.8. The van der Waals surface area contributed by atoms with Crippen LogP contribution in [0.4, 0.5) is 5.13 Å². The van der Waals surface area contributed by atoms with Crippen LogP contribution in [0, 0.1) is 5.92 Å². The molecule has 2 aromatic rings. The Morgan fingerprint density at radius 1 is 1.09 bits per heavy atom. The molecule has 1 atom stereocenters. The molecule has 0 spiro atoms. The molecular formula is C24H36N6O2S. The maximum atomic E-state index is 12.8. The Labute approximate surface area is 199 Å². The minimum atomic E-state index is 0.00501. The molecule has 4 heterocycles. The Morgan fingerprint density at radius 3 is 2.73 bits per heavy atom. The number of nitrogens with zero attached hydrogens (tertiary/aromatic N) is 5. The van der Waals surface area contributed by atoms with Gasteiger partial charge in [0.05, 0.1) is 5.69 Å². The molecule has 5 rings (SSSR count). The summed E-state index contributed by atoms with van der Waals surface area (Å²) in [5.41, 5.74) is 1.82. The van der Waals surface area contributed by atoms with E-state index in [-0.39, 0.29) is 17.4 Å². The third kappa shape index (κ3) is 4.94. The lowest BCUT2D eigenvalue weighted by atomic mass is 9.96. The van der Waals surface area contributed by atoms with Crippen LogP contribution >= 0.6 is 11.3 Å². The predicted molar refractivity (Wildman–Crippen MR) is 131 cm³/mol. The second kappa shape index (κ2) is 10.1. The van der Waals surface area contributed by atoms with Crippen molar-refractivity contribution >= 4 is 27.3 Å². The summed E-state index contributed by atoms with van der Waals surface area (Å²) in [4.78, 5) is 35.7. The fourth-order valence-electron chi connectivity index (χ4n) is 5.55. The van der Waals surface area contributed by atoms with E-state index in [1.54, 1.807) is 0 Å². The molecule has 2 saturated heterocycles. The SMILES string of the molecule is C[C@H]1CCCCN1CCCNC(=O)C1CCN(c2nn3c(=O)c4c(nc3s2)CCCC4)CC1. The standard InChI is InChI=1S/C24H36N6O2S/c1-17-7-4-5-13-28(17)14-6-12-25-21(31)18-10-15-29(16-11-18)24-27-30-22(32)19-8-2-3-9-20(19)26-23(30)33-24/h17-18H,2-16H2,1H3,(H,25,31)/t17-/m0/s1. The predicted octanol–water partition coefficient (Wildman–Crippen LogP) is 2.63. The molecule has 2 aliphatic heterocycles. The first-order chi connectivity index (χ1) is 16.1. The van der Waals surface area contributed by atoms with Crippen LogP contribution in [0.3, 0.4) is 0 Å². The van der Waals surface area contributed by atoms with E-state index in [0.717, 1.165) is 87.5 Å². The summed E-state index contributed by atoms with van der Waals surface area (Å²) < 4.78 is 1.49. The Bertz CT molecular complexity index is 1040. The van der Waals surface area contributed by atoms with Crippen LogP contribution in [0.2, 0.25) is 0 Å². The van der Waals surface area contributed by atoms with Crippen molar-refractivity contribution in [3.05, 3.63) is 21.6 Å². The van der Waals surface area contributed by atoms with Crippen molar-refractivity contribution in [2.24, 2.45) is 5.92 Å². The van der Waals surface area contributed by atoms with Crippen LogP contribution in [0.5, 0.6) is 0 Å². The Hall–Kier alpha value is -2.00. The summed E-state index contributed by atoms with van der Waals surface area (Å²) in [5.74, 6) is 0.258. The zero-order valence-electron chi connectivity index (χ0n) is 19.7. The van der Waals surface area contributed by atoms with Gasteiger partial charge in [0, 0.05) is 43.7 Å². The lowest BCUT2D eigenvalue weighted by molar-refractivity contribution is -0.125. The molecule has 1 amide bonds. The first-order valence-electron chi connectivity index (χ1n) is 12.8. The number of aryl methyl sites for hydroxylation is 1. The molecule has 0 bridgehead atoms. The number of hydrogen-bond acceptors (Lipinski definition) is 7. The molecule has 9 heteroatoms. The lowest BCUT2D eigenvalue weighted by Gasteiger charge is -2.33. The third-order valence-electron chi connectivity index (χ3n) is 7.67. The number of hydrogen-bond donors (Lipinski definition) is 1. The summed E-state index contributed by atoms with van der Waals surface area (Å²) in [6, 6.07) is 0.679. The van der Waals surface area contributed by atoms with Crippen molar-refractivity contribution in [3.8, 4) is 0 Å². The second-order valence-electron chi connectivity index (χ2n) is 9.91. The highest BCUT2D eigenvalue weighted by Crippen LogP contribution is 2.28. The van der Waals surface area contributed by atoms with Crippen molar-refractivity contribution in [2.45, 2.75) is 77.2 Å². The van der Waals surface area contributed by atoms with Crippen LogP contribution in [0.25, 0.3) is 4.96 Å². The molecule has 0 saturated carbocycles. The van der Waals surface area contributed by atoms with E-state index in [1.165, 1.54) is 41.7 Å². The van der Waals surface area contributed by atoms with Crippen molar-refractivity contribution in [1.29, 1.82) is 0 Å². The van der Waals surface area contributed by atoms with Gasteiger partial charge in [0.25, 0.3) is 5.56 Å². The lowest BCUT2D eigenvalue weighted by Crippen LogP contribution is -2.42. The van der Waals surface area contributed by atoms with Gasteiger partial charge in [0.2, 0.25) is 16.0 Å². The first kappa shape index (κ1) is 22.8. The molecule has 2 fully saturated rings. The van der Waals surface area contributed by atoms with Gasteiger partial charge >= 0.3 is 0 Å². The zero-order valence-corrected chi connectivity index (χ0v) is 20.5. The highest BCUT2D eigenvalue weighted by Gasteiger charge is 2.27. The molecule has 8 nitrogen and oxygen atoms in total. The maximum Gasteiger partial charge on any atom is 0.278 e. The molecule has 0 unspecified atom stereocenters. The molecule has 1 aliphatic carbocycles. The van der Waals surface area contributed by atoms with Gasteiger partial charge in [-0.3, -0.25) is 9.59 Å². The highest BCUT2D eigenvalue weighted by atomic mass is 32.1. The largest absolute Gasteiger partial charge is 0.356 e. The summed E-state index contributed by atoms with van der Waals surface area (Å²) in [6.45, 7) is 6.93. The van der Waals surface area contributed by atoms with E-state index in [0.29, 0.717) is 11.0 Å². The fraction of sp³-hybridized carbons (Fsp3) is 0.750. The quantitative estimate of drug-likeness (QED) is 0.651. The van der Waals surface area contributed by atoms with Crippen LogP contribution in [-0.4, -0.2) is 64.2 Å². The summed E-state index contributed by atoms with van der Waals surface area (Å²) in [5, 5.41) is 8.62. The molecule has 0 aromatic carbocycles. The van der Waals surface area contributed by atoms with Crippen LogP contribution in [0.1, 0.15) is 69.5 Å². The van der Waals surface area contributed by atoms with Gasteiger partial charge in [-0.25, -0.2) is 4.98 Å². The van der Waals surface area contributed by atoms with Gasteiger partial charge in [0.15, 0.2) is 0 Å². The normalized spacial score (nSPS) is 22.5. The minimum absolute atomic E-state index is 0.00501. The Balaban J connectivity index is 1.12. The number of fused-ring (bicyclic) bond motifs is 2. The van der Waals surface area contributed by atoms with Crippen molar-refractivity contribution in [1.82, 2.24) is 24.8 Å². The highest BCUT2D eigenvalue weighted by molar-refractivity contribution is 7.20. The number of amides is 1. The fourth-order valence-corrected chi connectivity index (χ4v) is 6.51. The number of nitrogens with one attached hydrogen (secondary N) is 1. The summed E-state index contributed by atoms with van der Waals surface area (Å²) in [6.07, 6.45) is 10.5. The topological polar surface area (TPSA) is 82.8 Å². The molecule has 1 N–H and O–H groups in total. The zero-order chi connectivity index (χ0) is 22.8. The van der Waals surface area contributed by atoms with Crippen molar-refractivity contribution in [2.75, 3.05) is 37.6 Å². The Morgan fingerprint density at radius 2 is 1.91 bits per heavy atom. The van der Waals surface area contributed by atoms with E-state index in [1.807, 2.05) is 0 Å². The van der Waals surface area contributed by atoms with Gasteiger partial charge in [-0.2, -0.15) is 4.52 Å². The average molecular weight is 473 g/mol. The number of likely N-dealkylation sites (tertiary alicyclic amines) is 1. The van der Waals surface area contributed by atoms with E-state index in [2.05, 4.69) is 27.1 Å². The molecular weight excluding hydrogens is 436 g/mol. The van der Waals surface area contributed by atoms with Gasteiger partial charge in [-0.1, -0.05) is 17.8 Å². The van der Waals surface area contributed by atoms with Crippen molar-refractivity contribution in [3.63, 3.8) is 0 Å². The number of rotatable bonds is 6. The third-order valence-corrected chi connectivity index (χ3v) is 8.64. The number of aromatic nitrogens is 3. The summed E-state index contributed by atoms with van der Waals surface area (Å²) in [7, 11) is 0. The molecule has 180 valence electrons. The van der Waals surface area contributed by atoms with Crippen molar-refractivity contribution < 1.29 is 4.79 Å². The van der Waals surface area contributed by atoms with E-state index < -0.39 is 0 Å². The van der Waals surface area contributed by atoms with Crippen LogP contribution in [0.15, 0.2) is 4.79 Å². The van der Waals surface area contributed by atoms with Crippen LogP contribution < -0.4 is 15.8 Å². The summed E-state index contributed by atoms with van der Waals surface area (Å²) >= 11 is 1.49. The molecule has 3 aliphatic rings. The van der Waals surface area contributed by atoms with E-state index >= 15 is 0 Å². The number of anilines is 1. The minimum Gasteiger partial charge on any atom is -0.356 e. The first-order valence-corrected chi connectivity index (χ1v) is 13.6. The van der Waals surface area contributed by atoms with E-state index in [9.17, 15) is 9.59 Å². The number of piperidine rings is 2. The van der Waals surface area contributed by atoms with Gasteiger partial charge in [-0.15, -0.1) is 5.10 Å². The number of carbonyl (C=O) groups is 1. The van der Waals surface area contributed by atoms with Gasteiger partial charge in [0.1, 0.15) is 0 Å². The van der Waals surface area contributed by atoms with E-state index in [4.69, 9.17) is 4.98 Å². The van der Waals surface area contributed by atoms with Gasteiger partial charge in [-0.05, 0) is 71.3 Å². The number of carbonyl (C=O) groups excluding carboxylic acids is 1. The smallest absolute Gasteiger partial charge is 0.278 e.